The Morgan fingerprint density at radius 1 is 1.38 bits per heavy atom. The molecule has 1 rings (SSSR count). The summed E-state index contributed by atoms with van der Waals surface area (Å²) in [6, 6.07) is -0.0476. The number of piperidine rings is 1. The number of nitrogens with one attached hydrogen (secondary N) is 1. The van der Waals surface area contributed by atoms with Gasteiger partial charge < -0.3 is 20.2 Å². The van der Waals surface area contributed by atoms with Crippen LogP contribution in [0.25, 0.3) is 0 Å². The van der Waals surface area contributed by atoms with Crippen LogP contribution in [0, 0.1) is 5.92 Å². The Labute approximate surface area is 127 Å². The van der Waals surface area contributed by atoms with E-state index >= 15 is 0 Å². The number of hydrogen-bond donors (Lipinski definition) is 2. The molecule has 1 atom stereocenters. The topological polar surface area (TPSA) is 72.9 Å². The second-order valence-electron chi connectivity index (χ2n) is 6.26. The summed E-state index contributed by atoms with van der Waals surface area (Å²) in [5.41, 5.74) is 0. The zero-order valence-electron chi connectivity index (χ0n) is 13.5. The molecule has 1 saturated heterocycles. The molecule has 0 spiro atoms. The summed E-state index contributed by atoms with van der Waals surface area (Å²) in [6.45, 7) is 4.92. The van der Waals surface area contributed by atoms with Crippen molar-refractivity contribution in [2.75, 3.05) is 33.7 Å². The summed E-state index contributed by atoms with van der Waals surface area (Å²) in [6.07, 6.45) is 3.73. The van der Waals surface area contributed by atoms with Gasteiger partial charge in [0, 0.05) is 26.1 Å². The molecule has 0 aromatic rings. The molecule has 1 unspecified atom stereocenters. The molecule has 1 fully saturated rings. The van der Waals surface area contributed by atoms with Crippen molar-refractivity contribution in [2.45, 2.75) is 45.1 Å². The molecule has 0 aromatic carbocycles. The standard InChI is InChI=1S/C15H29N3O3/c1-12(5-4-6-14(19)20)16-15(21)18(3)11-13-7-9-17(2)10-8-13/h12-13H,4-11H2,1-3H3,(H,16,21)(H,19,20). The highest BCUT2D eigenvalue weighted by atomic mass is 16.4. The lowest BCUT2D eigenvalue weighted by molar-refractivity contribution is -0.137. The van der Waals surface area contributed by atoms with Crippen LogP contribution < -0.4 is 5.32 Å². The maximum Gasteiger partial charge on any atom is 0.317 e. The number of urea groups is 1. The third-order valence-electron chi connectivity index (χ3n) is 4.11. The highest BCUT2D eigenvalue weighted by Gasteiger charge is 2.20. The van der Waals surface area contributed by atoms with E-state index < -0.39 is 5.97 Å². The normalized spacial score (nSPS) is 18.2. The van der Waals surface area contributed by atoms with E-state index in [2.05, 4.69) is 17.3 Å². The Morgan fingerprint density at radius 3 is 2.57 bits per heavy atom. The Hall–Kier alpha value is -1.30. The predicted molar refractivity (Wildman–Crippen MR) is 82.3 cm³/mol. The fourth-order valence-electron chi connectivity index (χ4n) is 2.67. The summed E-state index contributed by atoms with van der Waals surface area (Å²) >= 11 is 0. The molecular formula is C15H29N3O3. The zero-order valence-corrected chi connectivity index (χ0v) is 13.5. The van der Waals surface area contributed by atoms with Gasteiger partial charge in [-0.25, -0.2) is 4.79 Å². The van der Waals surface area contributed by atoms with Gasteiger partial charge in [-0.3, -0.25) is 4.79 Å². The predicted octanol–water partition coefficient (Wildman–Crippen LogP) is 1.61. The van der Waals surface area contributed by atoms with E-state index in [0.717, 1.165) is 32.5 Å². The Bertz CT molecular complexity index is 341. The Balaban J connectivity index is 2.22. The maximum atomic E-state index is 12.1. The van der Waals surface area contributed by atoms with Crippen molar-refractivity contribution < 1.29 is 14.7 Å². The monoisotopic (exact) mass is 299 g/mol. The van der Waals surface area contributed by atoms with Crippen LogP contribution in [0.2, 0.25) is 0 Å². The molecule has 1 heterocycles. The van der Waals surface area contributed by atoms with Gasteiger partial charge in [0.15, 0.2) is 0 Å². The van der Waals surface area contributed by atoms with Crippen molar-refractivity contribution in [3.05, 3.63) is 0 Å². The number of carbonyl (C=O) groups excluding carboxylic acids is 1. The highest BCUT2D eigenvalue weighted by molar-refractivity contribution is 5.74. The molecule has 6 nitrogen and oxygen atoms in total. The van der Waals surface area contributed by atoms with Gasteiger partial charge in [-0.2, -0.15) is 0 Å². The van der Waals surface area contributed by atoms with Crippen molar-refractivity contribution in [3.63, 3.8) is 0 Å². The molecule has 2 amide bonds. The molecule has 122 valence electrons. The van der Waals surface area contributed by atoms with Gasteiger partial charge in [0.05, 0.1) is 0 Å². The first-order chi connectivity index (χ1) is 9.88. The fraction of sp³-hybridized carbons (Fsp3) is 0.867. The number of nitrogens with zero attached hydrogens (tertiary/aromatic N) is 2. The highest BCUT2D eigenvalue weighted by Crippen LogP contribution is 2.16. The third kappa shape index (κ3) is 7.32. The van der Waals surface area contributed by atoms with Crippen LogP contribution in [0.1, 0.15) is 39.0 Å². The summed E-state index contributed by atoms with van der Waals surface area (Å²) < 4.78 is 0. The van der Waals surface area contributed by atoms with E-state index in [9.17, 15) is 9.59 Å². The number of carbonyl (C=O) groups is 2. The molecule has 0 aromatic heterocycles. The molecular weight excluding hydrogens is 270 g/mol. The second-order valence-corrected chi connectivity index (χ2v) is 6.26. The minimum atomic E-state index is -0.784. The lowest BCUT2D eigenvalue weighted by Gasteiger charge is -2.32. The smallest absolute Gasteiger partial charge is 0.317 e. The first-order valence-corrected chi connectivity index (χ1v) is 7.80. The molecule has 1 aliphatic rings. The average Bonchev–Trinajstić information content (AvgIpc) is 2.40. The molecule has 1 aliphatic heterocycles. The lowest BCUT2D eigenvalue weighted by atomic mass is 9.97. The van der Waals surface area contributed by atoms with Crippen LogP contribution in [0.3, 0.4) is 0 Å². The quantitative estimate of drug-likeness (QED) is 0.749. The number of carboxylic acids is 1. The van der Waals surface area contributed by atoms with Crippen molar-refractivity contribution in [2.24, 2.45) is 5.92 Å². The minimum Gasteiger partial charge on any atom is -0.481 e. The maximum absolute atomic E-state index is 12.1. The summed E-state index contributed by atoms with van der Waals surface area (Å²) in [5, 5.41) is 11.5. The van der Waals surface area contributed by atoms with Crippen molar-refractivity contribution >= 4 is 12.0 Å². The molecule has 0 bridgehead atoms. The first-order valence-electron chi connectivity index (χ1n) is 7.80. The van der Waals surface area contributed by atoms with Crippen LogP contribution in [0.5, 0.6) is 0 Å². The van der Waals surface area contributed by atoms with Gasteiger partial charge in [0.1, 0.15) is 0 Å². The Kier molecular flexibility index (Phi) is 7.50. The number of hydrogen-bond acceptors (Lipinski definition) is 3. The largest absolute Gasteiger partial charge is 0.481 e. The Morgan fingerprint density at radius 2 is 2.00 bits per heavy atom. The van der Waals surface area contributed by atoms with E-state index in [4.69, 9.17) is 5.11 Å². The SMILES string of the molecule is CC(CCCC(=O)O)NC(=O)N(C)CC1CCN(C)CC1. The van der Waals surface area contributed by atoms with Crippen LogP contribution >= 0.6 is 0 Å². The third-order valence-corrected chi connectivity index (χ3v) is 4.11. The number of aliphatic carboxylic acids is 1. The molecule has 0 saturated carbocycles. The minimum absolute atomic E-state index is 0.0109. The lowest BCUT2D eigenvalue weighted by Crippen LogP contribution is -2.45. The van der Waals surface area contributed by atoms with Gasteiger partial charge in [0.2, 0.25) is 0 Å². The van der Waals surface area contributed by atoms with E-state index in [1.807, 2.05) is 14.0 Å². The van der Waals surface area contributed by atoms with Gasteiger partial charge in [-0.1, -0.05) is 0 Å². The van der Waals surface area contributed by atoms with Crippen molar-refractivity contribution in [3.8, 4) is 0 Å². The summed E-state index contributed by atoms with van der Waals surface area (Å²) in [4.78, 5) is 26.6. The molecule has 0 radical (unpaired) electrons. The van der Waals surface area contributed by atoms with Crippen LogP contribution in [-0.2, 0) is 4.79 Å². The number of rotatable bonds is 7. The summed E-state index contributed by atoms with van der Waals surface area (Å²) in [7, 11) is 3.96. The number of amides is 2. The van der Waals surface area contributed by atoms with Gasteiger partial charge in [-0.05, 0) is 58.7 Å². The first kappa shape index (κ1) is 17.8. The molecule has 2 N–H and O–H groups in total. The fourth-order valence-corrected chi connectivity index (χ4v) is 2.67. The van der Waals surface area contributed by atoms with E-state index in [-0.39, 0.29) is 18.5 Å². The summed E-state index contributed by atoms with van der Waals surface area (Å²) in [5.74, 6) is -0.202. The molecule has 0 aliphatic carbocycles. The average molecular weight is 299 g/mol. The number of carboxylic acid groups (broad SMARTS) is 1. The van der Waals surface area contributed by atoms with Crippen LogP contribution in [-0.4, -0.2) is 66.7 Å². The van der Waals surface area contributed by atoms with E-state index in [0.29, 0.717) is 18.8 Å². The van der Waals surface area contributed by atoms with Crippen molar-refractivity contribution in [1.82, 2.24) is 15.1 Å². The van der Waals surface area contributed by atoms with Gasteiger partial charge in [0.25, 0.3) is 0 Å². The van der Waals surface area contributed by atoms with Crippen molar-refractivity contribution in [1.29, 1.82) is 0 Å². The molecule has 6 heteroatoms. The van der Waals surface area contributed by atoms with Crippen LogP contribution in [0.4, 0.5) is 4.79 Å². The zero-order chi connectivity index (χ0) is 15.8. The van der Waals surface area contributed by atoms with E-state index in [1.165, 1.54) is 0 Å². The van der Waals surface area contributed by atoms with Gasteiger partial charge in [-0.15, -0.1) is 0 Å². The van der Waals surface area contributed by atoms with E-state index in [1.54, 1.807) is 4.90 Å². The number of likely N-dealkylation sites (tertiary alicyclic amines) is 1. The second kappa shape index (κ2) is 8.87. The van der Waals surface area contributed by atoms with Gasteiger partial charge >= 0.3 is 12.0 Å². The van der Waals surface area contributed by atoms with Crippen LogP contribution in [0.15, 0.2) is 0 Å². The molecule has 21 heavy (non-hydrogen) atoms.